The maximum atomic E-state index is 13.7. The number of aromatic nitrogens is 1. The van der Waals surface area contributed by atoms with Gasteiger partial charge in [-0.1, -0.05) is 6.07 Å². The molecule has 1 N–H and O–H groups in total. The van der Waals surface area contributed by atoms with Crippen LogP contribution in [-0.2, 0) is 6.54 Å². The van der Waals surface area contributed by atoms with Gasteiger partial charge in [-0.15, -0.1) is 0 Å². The standard InChI is InChI=1S/C15H18FN3/c1-19(12-6-8-17-9-12)10-11-4-5-14(16)13-3-2-7-18-15(11)13/h2-5,7,12,17H,6,8-10H2,1H3. The van der Waals surface area contributed by atoms with Crippen molar-refractivity contribution in [2.24, 2.45) is 0 Å². The maximum Gasteiger partial charge on any atom is 0.132 e. The number of rotatable bonds is 3. The highest BCUT2D eigenvalue weighted by Gasteiger charge is 2.20. The summed E-state index contributed by atoms with van der Waals surface area (Å²) < 4.78 is 13.7. The molecular formula is C15H18FN3. The summed E-state index contributed by atoms with van der Waals surface area (Å²) in [4.78, 5) is 6.66. The molecule has 1 saturated heterocycles. The molecule has 1 unspecified atom stereocenters. The van der Waals surface area contributed by atoms with E-state index in [1.165, 1.54) is 6.42 Å². The molecule has 0 spiro atoms. The predicted octanol–water partition coefficient (Wildman–Crippen LogP) is 2.17. The van der Waals surface area contributed by atoms with Crippen LogP contribution in [0.25, 0.3) is 10.9 Å². The molecule has 1 aliphatic heterocycles. The van der Waals surface area contributed by atoms with Crippen molar-refractivity contribution in [1.29, 1.82) is 0 Å². The summed E-state index contributed by atoms with van der Waals surface area (Å²) in [7, 11) is 2.12. The summed E-state index contributed by atoms with van der Waals surface area (Å²) in [5.41, 5.74) is 1.87. The Balaban J connectivity index is 1.90. The summed E-state index contributed by atoms with van der Waals surface area (Å²) in [6.07, 6.45) is 2.89. The third kappa shape index (κ3) is 2.46. The highest BCUT2D eigenvalue weighted by atomic mass is 19.1. The lowest BCUT2D eigenvalue weighted by Gasteiger charge is -2.23. The second-order valence-electron chi connectivity index (χ2n) is 5.17. The van der Waals surface area contributed by atoms with E-state index in [-0.39, 0.29) is 5.82 Å². The second kappa shape index (κ2) is 5.23. The third-order valence-corrected chi connectivity index (χ3v) is 3.88. The van der Waals surface area contributed by atoms with E-state index in [4.69, 9.17) is 0 Å². The smallest absolute Gasteiger partial charge is 0.132 e. The van der Waals surface area contributed by atoms with Gasteiger partial charge in [0.25, 0.3) is 0 Å². The molecule has 2 aromatic rings. The Hall–Kier alpha value is -1.52. The van der Waals surface area contributed by atoms with Crippen LogP contribution in [-0.4, -0.2) is 36.1 Å². The molecule has 1 aromatic carbocycles. The molecule has 1 aromatic heterocycles. The molecule has 2 heterocycles. The average Bonchev–Trinajstić information content (AvgIpc) is 2.96. The monoisotopic (exact) mass is 259 g/mol. The van der Waals surface area contributed by atoms with Gasteiger partial charge in [0.1, 0.15) is 5.82 Å². The third-order valence-electron chi connectivity index (χ3n) is 3.88. The van der Waals surface area contributed by atoms with Gasteiger partial charge in [0.15, 0.2) is 0 Å². The molecule has 100 valence electrons. The van der Waals surface area contributed by atoms with Crippen molar-refractivity contribution in [3.05, 3.63) is 41.8 Å². The SMILES string of the molecule is CN(Cc1ccc(F)c2cccnc12)C1CCNC1. The largest absolute Gasteiger partial charge is 0.315 e. The number of hydrogen-bond donors (Lipinski definition) is 1. The first-order chi connectivity index (χ1) is 9.25. The number of likely N-dealkylation sites (N-methyl/N-ethyl adjacent to an activating group) is 1. The minimum absolute atomic E-state index is 0.197. The van der Waals surface area contributed by atoms with Crippen LogP contribution in [0.2, 0.25) is 0 Å². The first-order valence-electron chi connectivity index (χ1n) is 6.69. The van der Waals surface area contributed by atoms with E-state index < -0.39 is 0 Å². The van der Waals surface area contributed by atoms with E-state index in [0.717, 1.165) is 30.7 Å². The number of pyridine rings is 1. The Morgan fingerprint density at radius 1 is 1.42 bits per heavy atom. The fourth-order valence-electron chi connectivity index (χ4n) is 2.74. The molecule has 0 saturated carbocycles. The fourth-order valence-corrected chi connectivity index (χ4v) is 2.74. The highest BCUT2D eigenvalue weighted by molar-refractivity contribution is 5.82. The van der Waals surface area contributed by atoms with Crippen molar-refractivity contribution in [3.8, 4) is 0 Å². The fraction of sp³-hybridized carbons (Fsp3) is 0.400. The lowest BCUT2D eigenvalue weighted by molar-refractivity contribution is 0.249. The van der Waals surface area contributed by atoms with E-state index in [1.54, 1.807) is 24.4 Å². The Kier molecular flexibility index (Phi) is 3.44. The number of nitrogens with one attached hydrogen (secondary N) is 1. The van der Waals surface area contributed by atoms with Crippen molar-refractivity contribution in [1.82, 2.24) is 15.2 Å². The molecule has 0 radical (unpaired) electrons. The van der Waals surface area contributed by atoms with Gasteiger partial charge in [-0.25, -0.2) is 4.39 Å². The topological polar surface area (TPSA) is 28.2 Å². The van der Waals surface area contributed by atoms with Crippen molar-refractivity contribution in [2.45, 2.75) is 19.0 Å². The van der Waals surface area contributed by atoms with Gasteiger partial charge in [0, 0.05) is 30.7 Å². The number of halogens is 1. The van der Waals surface area contributed by atoms with Crippen LogP contribution in [0.15, 0.2) is 30.5 Å². The number of benzene rings is 1. The molecule has 3 rings (SSSR count). The summed E-state index contributed by atoms with van der Waals surface area (Å²) in [5.74, 6) is -0.197. The van der Waals surface area contributed by atoms with Gasteiger partial charge in [-0.05, 0) is 43.8 Å². The van der Waals surface area contributed by atoms with Gasteiger partial charge in [-0.3, -0.25) is 9.88 Å². The van der Waals surface area contributed by atoms with E-state index in [0.29, 0.717) is 11.4 Å². The number of fused-ring (bicyclic) bond motifs is 1. The Labute approximate surface area is 112 Å². The molecule has 0 amide bonds. The highest BCUT2D eigenvalue weighted by Crippen LogP contribution is 2.21. The zero-order valence-electron chi connectivity index (χ0n) is 11.1. The Bertz CT molecular complexity index is 579. The minimum atomic E-state index is -0.197. The van der Waals surface area contributed by atoms with Crippen LogP contribution in [0.1, 0.15) is 12.0 Å². The van der Waals surface area contributed by atoms with E-state index >= 15 is 0 Å². The quantitative estimate of drug-likeness (QED) is 0.915. The van der Waals surface area contributed by atoms with Gasteiger partial charge in [0.05, 0.1) is 5.52 Å². The van der Waals surface area contributed by atoms with Gasteiger partial charge >= 0.3 is 0 Å². The second-order valence-corrected chi connectivity index (χ2v) is 5.17. The predicted molar refractivity (Wildman–Crippen MR) is 74.4 cm³/mol. The lowest BCUT2D eigenvalue weighted by atomic mass is 10.1. The Morgan fingerprint density at radius 2 is 2.32 bits per heavy atom. The molecule has 19 heavy (non-hydrogen) atoms. The normalized spacial score (nSPS) is 19.4. The maximum absolute atomic E-state index is 13.7. The summed E-state index contributed by atoms with van der Waals surface area (Å²) in [5, 5.41) is 3.98. The van der Waals surface area contributed by atoms with Crippen LogP contribution in [0.4, 0.5) is 4.39 Å². The van der Waals surface area contributed by atoms with Crippen molar-refractivity contribution < 1.29 is 4.39 Å². The van der Waals surface area contributed by atoms with E-state index in [9.17, 15) is 4.39 Å². The first kappa shape index (κ1) is 12.5. The molecule has 0 bridgehead atoms. The van der Waals surface area contributed by atoms with Crippen molar-refractivity contribution >= 4 is 10.9 Å². The van der Waals surface area contributed by atoms with Gasteiger partial charge in [-0.2, -0.15) is 0 Å². The van der Waals surface area contributed by atoms with Crippen LogP contribution < -0.4 is 5.32 Å². The van der Waals surface area contributed by atoms with Gasteiger partial charge in [0.2, 0.25) is 0 Å². The summed E-state index contributed by atoms with van der Waals surface area (Å²) in [6, 6.07) is 7.52. The number of hydrogen-bond acceptors (Lipinski definition) is 3. The van der Waals surface area contributed by atoms with Crippen molar-refractivity contribution in [3.63, 3.8) is 0 Å². The molecule has 1 aliphatic rings. The molecule has 3 nitrogen and oxygen atoms in total. The molecule has 4 heteroatoms. The summed E-state index contributed by atoms with van der Waals surface area (Å²) >= 11 is 0. The van der Waals surface area contributed by atoms with Crippen LogP contribution >= 0.6 is 0 Å². The molecular weight excluding hydrogens is 241 g/mol. The van der Waals surface area contributed by atoms with Crippen LogP contribution in [0.5, 0.6) is 0 Å². The molecule has 0 aliphatic carbocycles. The van der Waals surface area contributed by atoms with Crippen LogP contribution in [0.3, 0.4) is 0 Å². The average molecular weight is 259 g/mol. The first-order valence-corrected chi connectivity index (χ1v) is 6.69. The Morgan fingerprint density at radius 3 is 3.11 bits per heavy atom. The van der Waals surface area contributed by atoms with Crippen LogP contribution in [0, 0.1) is 5.82 Å². The molecule has 1 atom stereocenters. The zero-order chi connectivity index (χ0) is 13.2. The zero-order valence-corrected chi connectivity index (χ0v) is 11.1. The minimum Gasteiger partial charge on any atom is -0.315 e. The van der Waals surface area contributed by atoms with Crippen molar-refractivity contribution in [2.75, 3.05) is 20.1 Å². The van der Waals surface area contributed by atoms with Gasteiger partial charge < -0.3 is 5.32 Å². The number of nitrogens with zero attached hydrogens (tertiary/aromatic N) is 2. The lowest BCUT2D eigenvalue weighted by Crippen LogP contribution is -2.32. The summed E-state index contributed by atoms with van der Waals surface area (Å²) in [6.45, 7) is 2.92. The molecule has 1 fully saturated rings. The van der Waals surface area contributed by atoms with E-state index in [2.05, 4.69) is 22.2 Å². The van der Waals surface area contributed by atoms with E-state index in [1.807, 2.05) is 6.07 Å².